The molecule has 20 heavy (non-hydrogen) atoms. The Hall–Kier alpha value is -1.85. The molecule has 2 rings (SSSR count). The van der Waals surface area contributed by atoms with Crippen LogP contribution in [0.4, 0.5) is 0 Å². The minimum atomic E-state index is -0.475. The summed E-state index contributed by atoms with van der Waals surface area (Å²) in [7, 11) is 0. The molecule has 6 nitrogen and oxygen atoms in total. The second-order valence-corrected chi connectivity index (χ2v) is 5.33. The topological polar surface area (TPSA) is 67.2 Å². The summed E-state index contributed by atoms with van der Waals surface area (Å²) < 4.78 is 1.57. The highest BCUT2D eigenvalue weighted by Crippen LogP contribution is 2.09. The lowest BCUT2D eigenvalue weighted by Crippen LogP contribution is -2.49. The molecular formula is C14H22N4O2. The van der Waals surface area contributed by atoms with Gasteiger partial charge in [0.1, 0.15) is 12.6 Å². The molecule has 0 spiro atoms. The van der Waals surface area contributed by atoms with Crippen molar-refractivity contribution >= 4 is 11.8 Å². The number of aryl methyl sites for hydroxylation is 1. The van der Waals surface area contributed by atoms with Crippen molar-refractivity contribution in [1.29, 1.82) is 0 Å². The Balaban J connectivity index is 1.82. The summed E-state index contributed by atoms with van der Waals surface area (Å²) in [6.07, 6.45) is 5.05. The van der Waals surface area contributed by atoms with Crippen LogP contribution in [0.25, 0.3) is 0 Å². The fourth-order valence-corrected chi connectivity index (χ4v) is 2.44. The average Bonchev–Trinajstić information content (AvgIpc) is 2.84. The van der Waals surface area contributed by atoms with Gasteiger partial charge in [0.15, 0.2) is 0 Å². The van der Waals surface area contributed by atoms with E-state index in [0.29, 0.717) is 0 Å². The summed E-state index contributed by atoms with van der Waals surface area (Å²) in [5, 5.41) is 6.90. The molecule has 0 aliphatic carbocycles. The average molecular weight is 278 g/mol. The van der Waals surface area contributed by atoms with Crippen molar-refractivity contribution in [3.63, 3.8) is 0 Å². The Kier molecular flexibility index (Phi) is 4.76. The third-order valence-corrected chi connectivity index (χ3v) is 3.50. The van der Waals surface area contributed by atoms with Gasteiger partial charge in [-0.1, -0.05) is 0 Å². The van der Waals surface area contributed by atoms with E-state index in [2.05, 4.69) is 10.4 Å². The van der Waals surface area contributed by atoms with Crippen molar-refractivity contribution < 1.29 is 9.59 Å². The Morgan fingerprint density at radius 2 is 2.05 bits per heavy atom. The lowest BCUT2D eigenvalue weighted by molar-refractivity contribution is -0.136. The van der Waals surface area contributed by atoms with Crippen LogP contribution in [-0.4, -0.2) is 45.6 Å². The van der Waals surface area contributed by atoms with Gasteiger partial charge in [-0.3, -0.25) is 14.3 Å². The predicted octanol–water partition coefficient (Wildman–Crippen LogP) is 0.709. The molecular weight excluding hydrogens is 256 g/mol. The van der Waals surface area contributed by atoms with Gasteiger partial charge in [0.2, 0.25) is 11.8 Å². The normalized spacial score (nSPS) is 16.8. The molecule has 0 unspecified atom stereocenters. The highest BCUT2D eigenvalue weighted by atomic mass is 16.2. The molecule has 0 aromatic carbocycles. The minimum Gasteiger partial charge on any atom is -0.343 e. The molecule has 1 saturated heterocycles. The van der Waals surface area contributed by atoms with Gasteiger partial charge >= 0.3 is 0 Å². The van der Waals surface area contributed by atoms with Crippen LogP contribution in [0.15, 0.2) is 12.3 Å². The molecule has 6 heteroatoms. The summed E-state index contributed by atoms with van der Waals surface area (Å²) in [6.45, 7) is 5.36. The van der Waals surface area contributed by atoms with Crippen LogP contribution in [0, 0.1) is 6.92 Å². The lowest BCUT2D eigenvalue weighted by atomic mass is 10.1. The number of aromatic nitrogens is 2. The number of hydrogen-bond acceptors (Lipinski definition) is 3. The Morgan fingerprint density at radius 3 is 2.65 bits per heavy atom. The van der Waals surface area contributed by atoms with Gasteiger partial charge in [0.05, 0.1) is 5.69 Å². The van der Waals surface area contributed by atoms with Crippen molar-refractivity contribution in [3.8, 4) is 0 Å². The summed E-state index contributed by atoms with van der Waals surface area (Å²) in [4.78, 5) is 25.9. The van der Waals surface area contributed by atoms with Crippen molar-refractivity contribution in [1.82, 2.24) is 20.0 Å². The number of rotatable bonds is 4. The zero-order chi connectivity index (χ0) is 14.5. The maximum Gasteiger partial charge on any atom is 0.244 e. The molecule has 2 heterocycles. The zero-order valence-corrected chi connectivity index (χ0v) is 12.1. The first-order valence-corrected chi connectivity index (χ1v) is 7.14. The van der Waals surface area contributed by atoms with E-state index in [4.69, 9.17) is 0 Å². The molecule has 1 N–H and O–H groups in total. The number of hydrogen-bond donors (Lipinski definition) is 1. The molecule has 1 fully saturated rings. The van der Waals surface area contributed by atoms with Gasteiger partial charge in [-0.05, 0) is 39.2 Å². The maximum atomic E-state index is 12.2. The Bertz CT molecular complexity index is 477. The van der Waals surface area contributed by atoms with Crippen molar-refractivity contribution in [2.75, 3.05) is 13.1 Å². The molecule has 1 atom stereocenters. The van der Waals surface area contributed by atoms with E-state index < -0.39 is 6.04 Å². The molecule has 1 aromatic rings. The summed E-state index contributed by atoms with van der Waals surface area (Å²) in [6, 6.07) is 1.37. The largest absolute Gasteiger partial charge is 0.343 e. The fraction of sp³-hybridized carbons (Fsp3) is 0.643. The summed E-state index contributed by atoms with van der Waals surface area (Å²) in [5.41, 5.74) is 0.871. The standard InChI is InChI=1S/C14H22N4O2/c1-11-6-9-18(16-11)10-13(19)15-12(2)14(20)17-7-4-3-5-8-17/h6,9,12H,3-5,7-8,10H2,1-2H3,(H,15,19)/t12-/m0/s1. The smallest absolute Gasteiger partial charge is 0.244 e. The van der Waals surface area contributed by atoms with E-state index in [1.807, 2.05) is 17.9 Å². The number of nitrogens with zero attached hydrogens (tertiary/aromatic N) is 3. The number of carbonyl (C=O) groups excluding carboxylic acids is 2. The highest BCUT2D eigenvalue weighted by molar-refractivity contribution is 5.87. The van der Waals surface area contributed by atoms with Crippen LogP contribution in [0.3, 0.4) is 0 Å². The lowest BCUT2D eigenvalue weighted by Gasteiger charge is -2.29. The second kappa shape index (κ2) is 6.54. The molecule has 110 valence electrons. The number of carbonyl (C=O) groups is 2. The van der Waals surface area contributed by atoms with Crippen LogP contribution in [0.2, 0.25) is 0 Å². The highest BCUT2D eigenvalue weighted by Gasteiger charge is 2.23. The molecule has 0 bridgehead atoms. The monoisotopic (exact) mass is 278 g/mol. The van der Waals surface area contributed by atoms with Crippen LogP contribution in [-0.2, 0) is 16.1 Å². The van der Waals surface area contributed by atoms with Gasteiger partial charge in [-0.2, -0.15) is 5.10 Å². The molecule has 1 aliphatic heterocycles. The first-order valence-electron chi connectivity index (χ1n) is 7.14. The first kappa shape index (κ1) is 14.6. The van der Waals surface area contributed by atoms with Crippen LogP contribution in [0.1, 0.15) is 31.9 Å². The Labute approximate surface area is 119 Å². The van der Waals surface area contributed by atoms with E-state index in [9.17, 15) is 9.59 Å². The number of piperidine rings is 1. The third kappa shape index (κ3) is 3.82. The van der Waals surface area contributed by atoms with Gasteiger partial charge < -0.3 is 10.2 Å². The van der Waals surface area contributed by atoms with Crippen LogP contribution in [0.5, 0.6) is 0 Å². The SMILES string of the molecule is Cc1ccn(CC(=O)N[C@@H](C)C(=O)N2CCCCC2)n1. The predicted molar refractivity (Wildman–Crippen MR) is 75.0 cm³/mol. The van der Waals surface area contributed by atoms with Crippen molar-refractivity contribution in [2.45, 2.75) is 45.7 Å². The van der Waals surface area contributed by atoms with Crippen molar-refractivity contribution in [2.24, 2.45) is 0 Å². The van der Waals surface area contributed by atoms with Crippen LogP contribution >= 0.6 is 0 Å². The summed E-state index contributed by atoms with van der Waals surface area (Å²) >= 11 is 0. The third-order valence-electron chi connectivity index (χ3n) is 3.50. The quantitative estimate of drug-likeness (QED) is 0.882. The zero-order valence-electron chi connectivity index (χ0n) is 12.1. The minimum absolute atomic E-state index is 0.00898. The summed E-state index contributed by atoms with van der Waals surface area (Å²) in [5.74, 6) is -0.180. The van der Waals surface area contributed by atoms with E-state index in [0.717, 1.165) is 31.6 Å². The van der Waals surface area contributed by atoms with Gasteiger partial charge in [-0.15, -0.1) is 0 Å². The molecule has 0 saturated carbocycles. The Morgan fingerprint density at radius 1 is 1.35 bits per heavy atom. The first-order chi connectivity index (χ1) is 9.56. The van der Waals surface area contributed by atoms with E-state index in [1.54, 1.807) is 17.8 Å². The maximum absolute atomic E-state index is 12.2. The second-order valence-electron chi connectivity index (χ2n) is 5.33. The number of nitrogens with one attached hydrogen (secondary N) is 1. The molecule has 1 aromatic heterocycles. The number of amides is 2. The van der Waals surface area contributed by atoms with E-state index in [1.165, 1.54) is 6.42 Å². The number of likely N-dealkylation sites (tertiary alicyclic amines) is 1. The van der Waals surface area contributed by atoms with Gasteiger partial charge in [-0.25, -0.2) is 0 Å². The van der Waals surface area contributed by atoms with Gasteiger partial charge in [0, 0.05) is 19.3 Å². The molecule has 1 aliphatic rings. The molecule has 2 amide bonds. The van der Waals surface area contributed by atoms with E-state index >= 15 is 0 Å². The fourth-order valence-electron chi connectivity index (χ4n) is 2.44. The van der Waals surface area contributed by atoms with Gasteiger partial charge in [0.25, 0.3) is 0 Å². The van der Waals surface area contributed by atoms with Crippen molar-refractivity contribution in [3.05, 3.63) is 18.0 Å². The molecule has 0 radical (unpaired) electrons. The van der Waals surface area contributed by atoms with E-state index in [-0.39, 0.29) is 18.4 Å². The van der Waals surface area contributed by atoms with Crippen LogP contribution < -0.4 is 5.32 Å².